The second-order valence-electron chi connectivity index (χ2n) is 5.64. The minimum absolute atomic E-state index is 0.127. The van der Waals surface area contributed by atoms with Crippen LogP contribution in [0.3, 0.4) is 0 Å². The molecule has 8 nitrogen and oxygen atoms in total. The molecule has 0 saturated carbocycles. The summed E-state index contributed by atoms with van der Waals surface area (Å²) in [5.41, 5.74) is 4.43. The third kappa shape index (κ3) is 2.90. The summed E-state index contributed by atoms with van der Waals surface area (Å²) in [7, 11) is 1.90. The molecule has 3 rings (SSSR count). The van der Waals surface area contributed by atoms with Crippen LogP contribution in [-0.4, -0.2) is 35.9 Å². The topological polar surface area (TPSA) is 90.5 Å². The fraction of sp³-hybridized carbons (Fsp3) is 0.312. The molecule has 24 heavy (non-hydrogen) atoms. The lowest BCUT2D eigenvalue weighted by Crippen LogP contribution is -2.23. The molecule has 1 N–H and O–H groups in total. The minimum Gasteiger partial charge on any atom is -0.348 e. The summed E-state index contributed by atoms with van der Waals surface area (Å²) in [6.45, 7) is 6.21. The standard InChI is InChI=1S/C16H19N7O/c1-10-15(11(2)22(4)19-10)9-17-16(24)13-5-7-14(8-6-13)23-12(3)18-20-21-23/h5-8H,9H2,1-4H3,(H,17,24). The molecule has 0 radical (unpaired) electrons. The molecule has 0 aliphatic rings. The van der Waals surface area contributed by atoms with Crippen molar-refractivity contribution in [3.63, 3.8) is 0 Å². The molecule has 8 heteroatoms. The number of carbonyl (C=O) groups is 1. The number of aryl methyl sites for hydroxylation is 3. The molecule has 124 valence electrons. The number of rotatable bonds is 4. The number of carbonyl (C=O) groups excluding carboxylic acids is 1. The van der Waals surface area contributed by atoms with Crippen LogP contribution in [0.2, 0.25) is 0 Å². The van der Waals surface area contributed by atoms with Gasteiger partial charge in [0.1, 0.15) is 0 Å². The molecule has 1 aromatic carbocycles. The molecule has 0 unspecified atom stereocenters. The minimum atomic E-state index is -0.127. The Morgan fingerprint density at radius 2 is 1.88 bits per heavy atom. The largest absolute Gasteiger partial charge is 0.348 e. The van der Waals surface area contributed by atoms with Gasteiger partial charge in [0.05, 0.1) is 11.4 Å². The Labute approximate surface area is 139 Å². The Bertz CT molecular complexity index is 876. The van der Waals surface area contributed by atoms with Gasteiger partial charge in [0.15, 0.2) is 5.82 Å². The van der Waals surface area contributed by atoms with Crippen molar-refractivity contribution in [2.24, 2.45) is 7.05 Å². The van der Waals surface area contributed by atoms with Gasteiger partial charge in [-0.1, -0.05) is 0 Å². The predicted octanol–water partition coefficient (Wildman–Crippen LogP) is 1.25. The zero-order valence-corrected chi connectivity index (χ0v) is 14.1. The van der Waals surface area contributed by atoms with E-state index in [-0.39, 0.29) is 5.91 Å². The molecule has 0 fully saturated rings. The highest BCUT2D eigenvalue weighted by atomic mass is 16.1. The fourth-order valence-corrected chi connectivity index (χ4v) is 2.57. The second-order valence-corrected chi connectivity index (χ2v) is 5.64. The van der Waals surface area contributed by atoms with Crippen LogP contribution in [0, 0.1) is 20.8 Å². The summed E-state index contributed by atoms with van der Waals surface area (Å²) in [6.07, 6.45) is 0. The number of benzene rings is 1. The smallest absolute Gasteiger partial charge is 0.251 e. The number of nitrogens with zero attached hydrogens (tertiary/aromatic N) is 6. The van der Waals surface area contributed by atoms with Gasteiger partial charge < -0.3 is 5.32 Å². The molecule has 0 bridgehead atoms. The van der Waals surface area contributed by atoms with Crippen molar-refractivity contribution in [2.75, 3.05) is 0 Å². The first-order valence-corrected chi connectivity index (χ1v) is 7.60. The van der Waals surface area contributed by atoms with E-state index >= 15 is 0 Å². The number of nitrogens with one attached hydrogen (secondary N) is 1. The molecule has 0 saturated heterocycles. The van der Waals surface area contributed by atoms with Crippen molar-refractivity contribution in [3.05, 3.63) is 52.6 Å². The third-order valence-corrected chi connectivity index (χ3v) is 4.08. The van der Waals surface area contributed by atoms with Crippen LogP contribution in [-0.2, 0) is 13.6 Å². The zero-order valence-electron chi connectivity index (χ0n) is 14.1. The number of hydrogen-bond acceptors (Lipinski definition) is 5. The summed E-state index contributed by atoms with van der Waals surface area (Å²) in [4.78, 5) is 12.3. The van der Waals surface area contributed by atoms with E-state index in [0.717, 1.165) is 22.6 Å². The van der Waals surface area contributed by atoms with Gasteiger partial charge >= 0.3 is 0 Å². The first kappa shape index (κ1) is 15.9. The van der Waals surface area contributed by atoms with Crippen LogP contribution in [0.5, 0.6) is 0 Å². The van der Waals surface area contributed by atoms with Crippen LogP contribution in [0.15, 0.2) is 24.3 Å². The maximum atomic E-state index is 12.3. The van der Waals surface area contributed by atoms with Crippen molar-refractivity contribution >= 4 is 5.91 Å². The van der Waals surface area contributed by atoms with Gasteiger partial charge in [0, 0.05) is 30.4 Å². The third-order valence-electron chi connectivity index (χ3n) is 4.08. The van der Waals surface area contributed by atoms with Gasteiger partial charge in [0.2, 0.25) is 0 Å². The van der Waals surface area contributed by atoms with Crippen LogP contribution in [0.1, 0.15) is 33.1 Å². The van der Waals surface area contributed by atoms with E-state index in [1.54, 1.807) is 16.8 Å². The van der Waals surface area contributed by atoms with Crippen molar-refractivity contribution in [3.8, 4) is 5.69 Å². The van der Waals surface area contributed by atoms with Gasteiger partial charge in [-0.15, -0.1) is 5.10 Å². The monoisotopic (exact) mass is 325 g/mol. The SMILES string of the molecule is Cc1nn(C)c(C)c1CNC(=O)c1ccc(-n2nnnc2C)cc1. The first-order chi connectivity index (χ1) is 11.5. The average molecular weight is 325 g/mol. The lowest BCUT2D eigenvalue weighted by molar-refractivity contribution is 0.0951. The van der Waals surface area contributed by atoms with Crippen molar-refractivity contribution in [1.29, 1.82) is 0 Å². The van der Waals surface area contributed by atoms with Gasteiger partial charge in [-0.2, -0.15) is 9.78 Å². The Hall–Kier alpha value is -3.03. The summed E-state index contributed by atoms with van der Waals surface area (Å²) in [6, 6.07) is 7.15. The Morgan fingerprint density at radius 3 is 2.42 bits per heavy atom. The van der Waals surface area contributed by atoms with E-state index in [0.29, 0.717) is 17.9 Å². The quantitative estimate of drug-likeness (QED) is 0.779. The maximum absolute atomic E-state index is 12.3. The number of aromatic nitrogens is 6. The van der Waals surface area contributed by atoms with E-state index in [9.17, 15) is 4.79 Å². The first-order valence-electron chi connectivity index (χ1n) is 7.60. The average Bonchev–Trinajstić information content (AvgIpc) is 3.10. The van der Waals surface area contributed by atoms with Gasteiger partial charge in [-0.25, -0.2) is 0 Å². The molecule has 1 amide bonds. The highest BCUT2D eigenvalue weighted by Gasteiger charge is 2.12. The fourth-order valence-electron chi connectivity index (χ4n) is 2.57. The number of amides is 1. The summed E-state index contributed by atoms with van der Waals surface area (Å²) >= 11 is 0. The van der Waals surface area contributed by atoms with Gasteiger partial charge in [0.25, 0.3) is 5.91 Å². The predicted molar refractivity (Wildman–Crippen MR) is 87.7 cm³/mol. The van der Waals surface area contributed by atoms with E-state index in [1.807, 2.05) is 44.6 Å². The normalized spacial score (nSPS) is 10.8. The maximum Gasteiger partial charge on any atom is 0.251 e. The van der Waals surface area contributed by atoms with E-state index in [2.05, 4.69) is 25.9 Å². The van der Waals surface area contributed by atoms with Gasteiger partial charge in [-0.05, 0) is 55.5 Å². The Kier molecular flexibility index (Phi) is 4.11. The second kappa shape index (κ2) is 6.23. The van der Waals surface area contributed by atoms with E-state index < -0.39 is 0 Å². The van der Waals surface area contributed by atoms with Crippen molar-refractivity contribution < 1.29 is 4.79 Å². The highest BCUT2D eigenvalue weighted by molar-refractivity contribution is 5.94. The van der Waals surface area contributed by atoms with Crippen LogP contribution in [0.25, 0.3) is 5.69 Å². The number of tetrazole rings is 1. The van der Waals surface area contributed by atoms with Crippen molar-refractivity contribution in [2.45, 2.75) is 27.3 Å². The molecule has 3 aromatic rings. The molecule has 0 atom stereocenters. The van der Waals surface area contributed by atoms with Gasteiger partial charge in [-0.3, -0.25) is 9.48 Å². The zero-order chi connectivity index (χ0) is 17.3. The molecule has 0 aliphatic carbocycles. The van der Waals surface area contributed by atoms with E-state index in [4.69, 9.17) is 0 Å². The Morgan fingerprint density at radius 1 is 1.17 bits per heavy atom. The lowest BCUT2D eigenvalue weighted by Gasteiger charge is -2.07. The molecule has 0 spiro atoms. The molecule has 0 aliphatic heterocycles. The highest BCUT2D eigenvalue weighted by Crippen LogP contribution is 2.13. The van der Waals surface area contributed by atoms with E-state index in [1.165, 1.54) is 0 Å². The summed E-state index contributed by atoms with van der Waals surface area (Å²) < 4.78 is 3.43. The Balaban J connectivity index is 1.70. The summed E-state index contributed by atoms with van der Waals surface area (Å²) in [5, 5.41) is 18.7. The van der Waals surface area contributed by atoms with Crippen molar-refractivity contribution in [1.82, 2.24) is 35.3 Å². The molecular formula is C16H19N7O. The molecule has 2 aromatic heterocycles. The molecular weight excluding hydrogens is 306 g/mol. The lowest BCUT2D eigenvalue weighted by atomic mass is 10.1. The van der Waals surface area contributed by atoms with Crippen LogP contribution >= 0.6 is 0 Å². The number of hydrogen-bond donors (Lipinski definition) is 1. The summed E-state index contributed by atoms with van der Waals surface area (Å²) in [5.74, 6) is 0.562. The van der Waals surface area contributed by atoms with Crippen LogP contribution in [0.4, 0.5) is 0 Å². The molecule has 2 heterocycles. The van der Waals surface area contributed by atoms with Crippen LogP contribution < -0.4 is 5.32 Å².